The van der Waals surface area contributed by atoms with Gasteiger partial charge in [-0.15, -0.1) is 0 Å². The molecule has 1 heteroatoms. The van der Waals surface area contributed by atoms with Gasteiger partial charge < -0.3 is 4.90 Å². The molecule has 0 N–H and O–H groups in total. The zero-order valence-corrected chi connectivity index (χ0v) is 10.9. The molecule has 1 fully saturated rings. The molecule has 1 aliphatic carbocycles. The van der Waals surface area contributed by atoms with E-state index in [4.69, 9.17) is 0 Å². The second-order valence-corrected chi connectivity index (χ2v) is 5.90. The maximum Gasteiger partial charge on any atom is 0.0233 e. The van der Waals surface area contributed by atoms with Crippen molar-refractivity contribution >= 4 is 0 Å². The molecule has 1 heterocycles. The molecular formula is C16H23N. The first-order valence-corrected chi connectivity index (χ1v) is 7.11. The summed E-state index contributed by atoms with van der Waals surface area (Å²) in [5, 5.41) is 0. The topological polar surface area (TPSA) is 3.24 Å². The second kappa shape index (κ2) is 4.81. The first-order chi connectivity index (χ1) is 8.34. The highest BCUT2D eigenvalue weighted by atomic mass is 15.1. The average Bonchev–Trinajstić information content (AvgIpc) is 2.39. The highest BCUT2D eigenvalue weighted by Crippen LogP contribution is 2.40. The monoisotopic (exact) mass is 229 g/mol. The molecule has 17 heavy (non-hydrogen) atoms. The van der Waals surface area contributed by atoms with Crippen LogP contribution in [-0.2, 0) is 6.54 Å². The van der Waals surface area contributed by atoms with Gasteiger partial charge in [0.25, 0.3) is 0 Å². The smallest absolute Gasteiger partial charge is 0.0233 e. The fourth-order valence-corrected chi connectivity index (χ4v) is 3.77. The van der Waals surface area contributed by atoms with Crippen LogP contribution in [-0.4, -0.2) is 18.5 Å². The van der Waals surface area contributed by atoms with Crippen molar-refractivity contribution in [3.8, 4) is 0 Å². The van der Waals surface area contributed by atoms with Crippen molar-refractivity contribution in [2.75, 3.05) is 13.6 Å². The van der Waals surface area contributed by atoms with Crippen LogP contribution in [0.2, 0.25) is 0 Å². The van der Waals surface area contributed by atoms with Crippen LogP contribution in [0.25, 0.3) is 0 Å². The molecule has 1 aromatic rings. The predicted octanol–water partition coefficient (Wildman–Crippen LogP) is 3.80. The molecular weight excluding hydrogens is 206 g/mol. The number of rotatable bonds is 1. The minimum atomic E-state index is 0.797. The van der Waals surface area contributed by atoms with Crippen molar-refractivity contribution in [1.29, 1.82) is 0 Å². The van der Waals surface area contributed by atoms with E-state index in [-0.39, 0.29) is 0 Å². The van der Waals surface area contributed by atoms with Crippen LogP contribution < -0.4 is 0 Å². The molecule has 1 aromatic carbocycles. The summed E-state index contributed by atoms with van der Waals surface area (Å²) in [5.41, 5.74) is 3.22. The standard InChI is InChI=1S/C16H23N/c1-17-11-14-9-5-6-10-15(14)16(12-17)13-7-3-2-4-8-13/h5-6,9-10,13,16H,2-4,7-8,11-12H2,1H3. The lowest BCUT2D eigenvalue weighted by atomic mass is 9.74. The summed E-state index contributed by atoms with van der Waals surface area (Å²) in [4.78, 5) is 2.50. The van der Waals surface area contributed by atoms with E-state index in [0.29, 0.717) is 0 Å². The quantitative estimate of drug-likeness (QED) is 0.708. The number of hydrogen-bond donors (Lipinski definition) is 0. The molecule has 1 aliphatic heterocycles. The molecule has 0 saturated heterocycles. The van der Waals surface area contributed by atoms with E-state index in [0.717, 1.165) is 18.4 Å². The lowest BCUT2D eigenvalue weighted by molar-refractivity contribution is 0.209. The predicted molar refractivity (Wildman–Crippen MR) is 72.1 cm³/mol. The zero-order chi connectivity index (χ0) is 11.7. The molecule has 0 aromatic heterocycles. The summed E-state index contributed by atoms with van der Waals surface area (Å²) in [7, 11) is 2.27. The fraction of sp³-hybridized carbons (Fsp3) is 0.625. The van der Waals surface area contributed by atoms with Gasteiger partial charge in [0.2, 0.25) is 0 Å². The maximum absolute atomic E-state index is 2.50. The van der Waals surface area contributed by atoms with Gasteiger partial charge in [0.15, 0.2) is 0 Å². The summed E-state index contributed by atoms with van der Waals surface area (Å²) in [5.74, 6) is 1.73. The van der Waals surface area contributed by atoms with E-state index in [2.05, 4.69) is 36.2 Å². The molecule has 0 radical (unpaired) electrons. The minimum Gasteiger partial charge on any atom is -0.301 e. The first-order valence-electron chi connectivity index (χ1n) is 7.11. The van der Waals surface area contributed by atoms with Gasteiger partial charge >= 0.3 is 0 Å². The maximum atomic E-state index is 2.50. The summed E-state index contributed by atoms with van der Waals surface area (Å²) < 4.78 is 0. The Morgan fingerprint density at radius 2 is 1.82 bits per heavy atom. The molecule has 1 unspecified atom stereocenters. The van der Waals surface area contributed by atoms with E-state index in [1.807, 2.05) is 0 Å². The highest BCUT2D eigenvalue weighted by Gasteiger charge is 2.30. The number of hydrogen-bond acceptors (Lipinski definition) is 1. The molecule has 1 atom stereocenters. The molecule has 2 aliphatic rings. The van der Waals surface area contributed by atoms with Crippen LogP contribution >= 0.6 is 0 Å². The number of likely N-dealkylation sites (N-methyl/N-ethyl adjacent to an activating group) is 1. The van der Waals surface area contributed by atoms with Crippen molar-refractivity contribution in [3.63, 3.8) is 0 Å². The van der Waals surface area contributed by atoms with Gasteiger partial charge in [-0.25, -0.2) is 0 Å². The van der Waals surface area contributed by atoms with E-state index in [9.17, 15) is 0 Å². The molecule has 0 spiro atoms. The number of fused-ring (bicyclic) bond motifs is 1. The number of benzene rings is 1. The Balaban J connectivity index is 1.88. The normalized spacial score (nSPS) is 26.8. The molecule has 3 rings (SSSR count). The third-order valence-corrected chi connectivity index (χ3v) is 4.62. The summed E-state index contributed by atoms with van der Waals surface area (Å²) >= 11 is 0. The van der Waals surface area contributed by atoms with E-state index in [1.165, 1.54) is 38.6 Å². The lowest BCUT2D eigenvalue weighted by Crippen LogP contribution is -2.34. The average molecular weight is 229 g/mol. The lowest BCUT2D eigenvalue weighted by Gasteiger charge is -2.38. The molecule has 0 bridgehead atoms. The van der Waals surface area contributed by atoms with Crippen molar-refractivity contribution in [3.05, 3.63) is 35.4 Å². The van der Waals surface area contributed by atoms with Crippen molar-refractivity contribution in [2.45, 2.75) is 44.6 Å². The Morgan fingerprint density at radius 3 is 2.65 bits per heavy atom. The van der Waals surface area contributed by atoms with Crippen LogP contribution in [0.15, 0.2) is 24.3 Å². The van der Waals surface area contributed by atoms with Gasteiger partial charge in [0.05, 0.1) is 0 Å². The Bertz CT molecular complexity index is 379. The molecule has 0 amide bonds. The van der Waals surface area contributed by atoms with Crippen LogP contribution in [0.4, 0.5) is 0 Å². The molecule has 1 nitrogen and oxygen atoms in total. The van der Waals surface area contributed by atoms with Gasteiger partial charge in [-0.05, 0) is 42.9 Å². The Kier molecular flexibility index (Phi) is 3.19. The third kappa shape index (κ3) is 2.26. The second-order valence-electron chi connectivity index (χ2n) is 5.90. The molecule has 92 valence electrons. The SMILES string of the molecule is CN1Cc2ccccc2C(C2CCCCC2)C1. The van der Waals surface area contributed by atoms with Crippen LogP contribution in [0.5, 0.6) is 0 Å². The van der Waals surface area contributed by atoms with Gasteiger partial charge in [-0.3, -0.25) is 0 Å². The number of nitrogens with zero attached hydrogens (tertiary/aromatic N) is 1. The van der Waals surface area contributed by atoms with E-state index in [1.54, 1.807) is 11.1 Å². The van der Waals surface area contributed by atoms with Crippen molar-refractivity contribution < 1.29 is 0 Å². The van der Waals surface area contributed by atoms with E-state index >= 15 is 0 Å². The molecule has 1 saturated carbocycles. The summed E-state index contributed by atoms with van der Waals surface area (Å²) in [6.07, 6.45) is 7.26. The van der Waals surface area contributed by atoms with Crippen LogP contribution in [0.1, 0.15) is 49.1 Å². The summed E-state index contributed by atoms with van der Waals surface area (Å²) in [6.45, 7) is 2.40. The Labute approximate surface area is 105 Å². The minimum absolute atomic E-state index is 0.797. The third-order valence-electron chi connectivity index (χ3n) is 4.62. The first kappa shape index (κ1) is 11.3. The van der Waals surface area contributed by atoms with Crippen molar-refractivity contribution in [1.82, 2.24) is 4.90 Å². The van der Waals surface area contributed by atoms with E-state index < -0.39 is 0 Å². The highest BCUT2D eigenvalue weighted by molar-refractivity contribution is 5.33. The Morgan fingerprint density at radius 1 is 1.06 bits per heavy atom. The Hall–Kier alpha value is -0.820. The van der Waals surface area contributed by atoms with Gasteiger partial charge in [0.1, 0.15) is 0 Å². The van der Waals surface area contributed by atoms with Gasteiger partial charge in [-0.2, -0.15) is 0 Å². The van der Waals surface area contributed by atoms with Gasteiger partial charge in [0, 0.05) is 13.1 Å². The zero-order valence-electron chi connectivity index (χ0n) is 10.9. The fourth-order valence-electron chi connectivity index (χ4n) is 3.77. The summed E-state index contributed by atoms with van der Waals surface area (Å²) in [6, 6.07) is 9.11. The van der Waals surface area contributed by atoms with Crippen LogP contribution in [0.3, 0.4) is 0 Å². The van der Waals surface area contributed by atoms with Crippen LogP contribution in [0, 0.1) is 5.92 Å². The largest absolute Gasteiger partial charge is 0.301 e. The van der Waals surface area contributed by atoms with Crippen molar-refractivity contribution in [2.24, 2.45) is 5.92 Å². The van der Waals surface area contributed by atoms with Gasteiger partial charge in [-0.1, -0.05) is 43.5 Å².